The number of fused-ring (bicyclic) bond motifs is 1. The summed E-state index contributed by atoms with van der Waals surface area (Å²) in [5.41, 5.74) is 0. The standard InChI is InChI=1S/C6H9N5/c1-4-9-5(2)11-6(10-4)7-3-8-11/h3,6H,1-2H3,(H,7,8). The molecule has 2 rings (SSSR count). The maximum absolute atomic E-state index is 4.21. The molecule has 1 N–H and O–H groups in total. The summed E-state index contributed by atoms with van der Waals surface area (Å²) in [5, 5.41) is 8.76. The number of aliphatic imine (C=N–C) groups is 2. The van der Waals surface area contributed by atoms with Crippen LogP contribution in [0.25, 0.3) is 0 Å². The molecule has 5 nitrogen and oxygen atoms in total. The second-order valence-corrected chi connectivity index (χ2v) is 2.46. The van der Waals surface area contributed by atoms with E-state index in [-0.39, 0.29) is 6.29 Å². The van der Waals surface area contributed by atoms with Crippen LogP contribution in [0.5, 0.6) is 0 Å². The highest BCUT2D eigenvalue weighted by atomic mass is 15.6. The lowest BCUT2D eigenvalue weighted by atomic mass is 10.5. The quantitative estimate of drug-likeness (QED) is 0.528. The number of hydrazone groups is 1. The van der Waals surface area contributed by atoms with Crippen molar-refractivity contribution in [2.75, 3.05) is 0 Å². The van der Waals surface area contributed by atoms with Crippen LogP contribution in [-0.2, 0) is 0 Å². The fraction of sp³-hybridized carbons (Fsp3) is 0.500. The first kappa shape index (κ1) is 6.33. The van der Waals surface area contributed by atoms with Crippen molar-refractivity contribution in [3.05, 3.63) is 0 Å². The van der Waals surface area contributed by atoms with E-state index in [2.05, 4.69) is 20.4 Å². The molecule has 11 heavy (non-hydrogen) atoms. The Kier molecular flexibility index (Phi) is 1.18. The van der Waals surface area contributed by atoms with E-state index in [4.69, 9.17) is 0 Å². The van der Waals surface area contributed by atoms with Gasteiger partial charge in [-0.05, 0) is 13.8 Å². The first-order valence-electron chi connectivity index (χ1n) is 3.45. The van der Waals surface area contributed by atoms with Gasteiger partial charge in [-0.25, -0.2) is 15.0 Å². The monoisotopic (exact) mass is 151 g/mol. The van der Waals surface area contributed by atoms with Crippen molar-refractivity contribution < 1.29 is 0 Å². The first-order valence-corrected chi connectivity index (χ1v) is 3.45. The molecule has 0 saturated carbocycles. The maximum atomic E-state index is 4.21. The van der Waals surface area contributed by atoms with Crippen molar-refractivity contribution in [3.8, 4) is 0 Å². The highest BCUT2D eigenvalue weighted by Gasteiger charge is 2.24. The zero-order valence-electron chi connectivity index (χ0n) is 6.44. The Morgan fingerprint density at radius 3 is 3.18 bits per heavy atom. The van der Waals surface area contributed by atoms with Crippen LogP contribution in [0.2, 0.25) is 0 Å². The molecule has 0 fully saturated rings. The molecule has 0 bridgehead atoms. The van der Waals surface area contributed by atoms with Crippen LogP contribution in [0.15, 0.2) is 15.1 Å². The lowest BCUT2D eigenvalue weighted by Gasteiger charge is -2.22. The van der Waals surface area contributed by atoms with Crippen LogP contribution in [0.1, 0.15) is 13.8 Å². The molecule has 0 aromatic carbocycles. The fourth-order valence-electron chi connectivity index (χ4n) is 1.14. The Bertz CT molecular complexity index is 264. The summed E-state index contributed by atoms with van der Waals surface area (Å²) in [5.74, 6) is 1.67. The Morgan fingerprint density at radius 2 is 2.36 bits per heavy atom. The largest absolute Gasteiger partial charge is 0.335 e. The molecule has 58 valence electrons. The van der Waals surface area contributed by atoms with Gasteiger partial charge in [0.2, 0.25) is 6.29 Å². The summed E-state index contributed by atoms with van der Waals surface area (Å²) < 4.78 is 0. The second-order valence-electron chi connectivity index (χ2n) is 2.46. The van der Waals surface area contributed by atoms with Gasteiger partial charge in [-0.3, -0.25) is 0 Å². The van der Waals surface area contributed by atoms with Gasteiger partial charge in [-0.2, -0.15) is 5.10 Å². The molecule has 0 aromatic heterocycles. The van der Waals surface area contributed by atoms with E-state index in [1.165, 1.54) is 0 Å². The second kappa shape index (κ2) is 2.05. The minimum absolute atomic E-state index is 0.0625. The molecule has 0 spiro atoms. The third kappa shape index (κ3) is 0.886. The normalized spacial score (nSPS) is 27.5. The van der Waals surface area contributed by atoms with Gasteiger partial charge in [0.1, 0.15) is 18.0 Å². The lowest BCUT2D eigenvalue weighted by molar-refractivity contribution is 0.342. The van der Waals surface area contributed by atoms with Crippen molar-refractivity contribution >= 4 is 18.0 Å². The summed E-state index contributed by atoms with van der Waals surface area (Å²) in [6.07, 6.45) is 1.57. The third-order valence-electron chi connectivity index (χ3n) is 1.60. The van der Waals surface area contributed by atoms with Crippen LogP contribution >= 0.6 is 0 Å². The molecule has 5 heteroatoms. The summed E-state index contributed by atoms with van der Waals surface area (Å²) in [4.78, 5) is 8.38. The molecule has 0 aromatic rings. The molecular formula is C6H9N5. The average molecular weight is 151 g/mol. The Labute approximate surface area is 64.5 Å². The van der Waals surface area contributed by atoms with Crippen molar-refractivity contribution in [2.24, 2.45) is 15.1 Å². The van der Waals surface area contributed by atoms with Crippen molar-refractivity contribution in [1.82, 2.24) is 10.3 Å². The van der Waals surface area contributed by atoms with Crippen molar-refractivity contribution in [1.29, 1.82) is 0 Å². The number of rotatable bonds is 0. The highest BCUT2D eigenvalue weighted by Crippen LogP contribution is 2.10. The summed E-state index contributed by atoms with van der Waals surface area (Å²) >= 11 is 0. The van der Waals surface area contributed by atoms with Crippen LogP contribution < -0.4 is 5.32 Å². The number of amidine groups is 2. The predicted octanol–water partition coefficient (Wildman–Crippen LogP) is -0.0311. The lowest BCUT2D eigenvalue weighted by Crippen LogP contribution is -2.40. The molecule has 0 amide bonds. The number of nitrogens with zero attached hydrogens (tertiary/aromatic N) is 4. The molecule has 0 radical (unpaired) electrons. The predicted molar refractivity (Wildman–Crippen MR) is 43.5 cm³/mol. The summed E-state index contributed by atoms with van der Waals surface area (Å²) in [6, 6.07) is 0. The van der Waals surface area contributed by atoms with E-state index in [0.717, 1.165) is 11.7 Å². The van der Waals surface area contributed by atoms with Crippen molar-refractivity contribution in [2.45, 2.75) is 20.1 Å². The van der Waals surface area contributed by atoms with Gasteiger partial charge in [-0.15, -0.1) is 0 Å². The van der Waals surface area contributed by atoms with Crippen LogP contribution in [0, 0.1) is 0 Å². The average Bonchev–Trinajstić information content (AvgIpc) is 2.34. The Hall–Kier alpha value is -1.39. The molecule has 1 unspecified atom stereocenters. The van der Waals surface area contributed by atoms with E-state index in [0.29, 0.717) is 0 Å². The Morgan fingerprint density at radius 1 is 1.55 bits per heavy atom. The minimum Gasteiger partial charge on any atom is -0.335 e. The first-order chi connectivity index (χ1) is 5.27. The van der Waals surface area contributed by atoms with E-state index >= 15 is 0 Å². The maximum Gasteiger partial charge on any atom is 0.220 e. The van der Waals surface area contributed by atoms with Gasteiger partial charge in [0, 0.05) is 0 Å². The number of hydrogen-bond donors (Lipinski definition) is 1. The summed E-state index contributed by atoms with van der Waals surface area (Å²) in [6.45, 7) is 3.79. The van der Waals surface area contributed by atoms with Gasteiger partial charge >= 0.3 is 0 Å². The van der Waals surface area contributed by atoms with Gasteiger partial charge in [0.15, 0.2) is 0 Å². The number of hydrogen-bond acceptors (Lipinski definition) is 5. The highest BCUT2D eigenvalue weighted by molar-refractivity contribution is 5.97. The minimum atomic E-state index is -0.0625. The SMILES string of the molecule is CC1=NC2NC=NN2C(C)=N1. The van der Waals surface area contributed by atoms with Gasteiger partial charge < -0.3 is 5.32 Å². The zero-order chi connectivity index (χ0) is 7.84. The van der Waals surface area contributed by atoms with Crippen LogP contribution in [0.4, 0.5) is 0 Å². The molecule has 0 aliphatic carbocycles. The molecule has 2 heterocycles. The Balaban J connectivity index is 2.33. The smallest absolute Gasteiger partial charge is 0.220 e. The topological polar surface area (TPSA) is 52.4 Å². The zero-order valence-corrected chi connectivity index (χ0v) is 6.44. The molecule has 1 atom stereocenters. The molecule has 2 aliphatic heterocycles. The van der Waals surface area contributed by atoms with E-state index in [1.54, 1.807) is 11.3 Å². The molecule has 0 saturated heterocycles. The van der Waals surface area contributed by atoms with E-state index in [1.807, 2.05) is 13.8 Å². The third-order valence-corrected chi connectivity index (χ3v) is 1.60. The molecule has 2 aliphatic rings. The van der Waals surface area contributed by atoms with Crippen LogP contribution in [0.3, 0.4) is 0 Å². The number of nitrogens with one attached hydrogen (secondary N) is 1. The van der Waals surface area contributed by atoms with Gasteiger partial charge in [-0.1, -0.05) is 0 Å². The van der Waals surface area contributed by atoms with E-state index in [9.17, 15) is 0 Å². The van der Waals surface area contributed by atoms with E-state index < -0.39 is 0 Å². The summed E-state index contributed by atoms with van der Waals surface area (Å²) in [7, 11) is 0. The van der Waals surface area contributed by atoms with Crippen molar-refractivity contribution in [3.63, 3.8) is 0 Å². The van der Waals surface area contributed by atoms with Crippen LogP contribution in [-0.4, -0.2) is 29.3 Å². The molecular weight excluding hydrogens is 142 g/mol. The van der Waals surface area contributed by atoms with Gasteiger partial charge in [0.25, 0.3) is 0 Å². The van der Waals surface area contributed by atoms with Gasteiger partial charge in [0.05, 0.1) is 0 Å². The fourth-order valence-corrected chi connectivity index (χ4v) is 1.14.